The van der Waals surface area contributed by atoms with Crippen molar-refractivity contribution < 1.29 is 9.53 Å². The second-order valence-electron chi connectivity index (χ2n) is 3.90. The van der Waals surface area contributed by atoms with Crippen LogP contribution in [0.25, 0.3) is 0 Å². The predicted octanol–water partition coefficient (Wildman–Crippen LogP) is 3.24. The highest BCUT2D eigenvalue weighted by atomic mass is 16.5. The third-order valence-corrected chi connectivity index (χ3v) is 2.77. The molecule has 79 valence electrons. The molecule has 1 rings (SSSR count). The van der Waals surface area contributed by atoms with Gasteiger partial charge in [-0.15, -0.1) is 0 Å². The molecule has 0 aromatic rings. The van der Waals surface area contributed by atoms with Crippen molar-refractivity contribution in [3.8, 4) is 0 Å². The number of esters is 1. The van der Waals surface area contributed by atoms with Gasteiger partial charge in [0.25, 0.3) is 0 Å². The molecule has 1 saturated carbocycles. The van der Waals surface area contributed by atoms with Crippen molar-refractivity contribution in [2.75, 3.05) is 0 Å². The molecule has 0 heterocycles. The Balaban J connectivity index is 2.21. The van der Waals surface area contributed by atoms with Gasteiger partial charge in [-0.2, -0.15) is 0 Å². The third-order valence-electron chi connectivity index (χ3n) is 2.77. The summed E-state index contributed by atoms with van der Waals surface area (Å²) in [6.07, 6.45) is 8.98. The Morgan fingerprint density at radius 2 is 2.21 bits per heavy atom. The molecule has 0 spiro atoms. The summed E-state index contributed by atoms with van der Waals surface area (Å²) < 4.78 is 5.13. The second kappa shape index (κ2) is 5.84. The first kappa shape index (κ1) is 11.3. The minimum Gasteiger partial charge on any atom is -0.452 e. The van der Waals surface area contributed by atoms with Gasteiger partial charge in [0, 0.05) is 6.08 Å². The van der Waals surface area contributed by atoms with E-state index in [0.29, 0.717) is 0 Å². The quantitative estimate of drug-likeness (QED) is 0.508. The van der Waals surface area contributed by atoms with Crippen LogP contribution in [0, 0.1) is 12.0 Å². The van der Waals surface area contributed by atoms with Crippen LogP contribution in [0.5, 0.6) is 0 Å². The molecule has 0 aromatic heterocycles. The van der Waals surface area contributed by atoms with Gasteiger partial charge in [-0.25, -0.2) is 4.79 Å². The summed E-state index contributed by atoms with van der Waals surface area (Å²) in [6.45, 7) is 5.60. The molecule has 2 nitrogen and oxygen atoms in total. The molecular formula is C12H19O2. The molecule has 0 amide bonds. The molecule has 1 aliphatic rings. The number of carbonyl (C=O) groups is 1. The normalized spacial score (nSPS) is 19.2. The van der Waals surface area contributed by atoms with Gasteiger partial charge in [0.2, 0.25) is 0 Å². The first-order chi connectivity index (χ1) is 6.76. The van der Waals surface area contributed by atoms with Crippen LogP contribution in [-0.4, -0.2) is 5.97 Å². The van der Waals surface area contributed by atoms with Crippen LogP contribution >= 0.6 is 0 Å². The van der Waals surface area contributed by atoms with Gasteiger partial charge in [-0.1, -0.05) is 26.3 Å². The molecule has 0 N–H and O–H groups in total. The van der Waals surface area contributed by atoms with Crippen LogP contribution in [0.4, 0.5) is 0 Å². The molecule has 1 radical (unpaired) electrons. The highest BCUT2D eigenvalue weighted by Crippen LogP contribution is 2.33. The Bertz CT molecular complexity index is 190. The first-order valence-corrected chi connectivity index (χ1v) is 5.45. The van der Waals surface area contributed by atoms with Crippen molar-refractivity contribution in [2.45, 2.75) is 45.4 Å². The van der Waals surface area contributed by atoms with Crippen molar-refractivity contribution in [1.29, 1.82) is 0 Å². The van der Waals surface area contributed by atoms with E-state index >= 15 is 0 Å². The van der Waals surface area contributed by atoms with Crippen LogP contribution in [0.3, 0.4) is 0 Å². The Kier molecular flexibility index (Phi) is 4.71. The topological polar surface area (TPSA) is 26.3 Å². The van der Waals surface area contributed by atoms with Crippen LogP contribution in [0.1, 0.15) is 45.4 Å². The Morgan fingerprint density at radius 1 is 1.57 bits per heavy atom. The highest BCUT2D eigenvalue weighted by molar-refractivity contribution is 5.81. The Morgan fingerprint density at radius 3 is 2.71 bits per heavy atom. The summed E-state index contributed by atoms with van der Waals surface area (Å²) >= 11 is 0. The summed E-state index contributed by atoms with van der Waals surface area (Å²) in [6, 6.07) is 0. The van der Waals surface area contributed by atoms with Gasteiger partial charge in [-0.05, 0) is 31.6 Å². The maximum absolute atomic E-state index is 10.9. The minimum atomic E-state index is -0.311. The zero-order valence-electron chi connectivity index (χ0n) is 8.92. The van der Waals surface area contributed by atoms with Crippen LogP contribution in [0.15, 0.2) is 12.7 Å². The summed E-state index contributed by atoms with van der Waals surface area (Å²) in [7, 11) is 0. The zero-order chi connectivity index (χ0) is 10.4. The fourth-order valence-electron chi connectivity index (χ4n) is 1.98. The van der Waals surface area contributed by atoms with E-state index in [9.17, 15) is 4.79 Å². The minimum absolute atomic E-state index is 0.311. The van der Waals surface area contributed by atoms with Crippen molar-refractivity contribution >= 4 is 5.97 Å². The third kappa shape index (κ3) is 3.52. The van der Waals surface area contributed by atoms with Crippen molar-refractivity contribution in [1.82, 2.24) is 0 Å². The molecule has 0 saturated heterocycles. The molecule has 0 aromatic carbocycles. The van der Waals surface area contributed by atoms with Crippen molar-refractivity contribution in [2.24, 2.45) is 5.92 Å². The molecule has 2 heteroatoms. The van der Waals surface area contributed by atoms with Crippen LogP contribution in [0.2, 0.25) is 0 Å². The van der Waals surface area contributed by atoms with Crippen molar-refractivity contribution in [3.63, 3.8) is 0 Å². The van der Waals surface area contributed by atoms with Gasteiger partial charge in [0.15, 0.2) is 6.10 Å². The fourth-order valence-corrected chi connectivity index (χ4v) is 1.98. The second-order valence-corrected chi connectivity index (χ2v) is 3.90. The van der Waals surface area contributed by atoms with Crippen molar-refractivity contribution in [3.05, 3.63) is 18.8 Å². The Hall–Kier alpha value is -0.790. The van der Waals surface area contributed by atoms with Gasteiger partial charge in [0.05, 0.1) is 0 Å². The monoisotopic (exact) mass is 195 g/mol. The number of ether oxygens (including phenoxy) is 1. The maximum Gasteiger partial charge on any atom is 0.330 e. The molecule has 1 aliphatic carbocycles. The van der Waals surface area contributed by atoms with E-state index in [-0.39, 0.29) is 5.97 Å². The van der Waals surface area contributed by atoms with E-state index in [4.69, 9.17) is 4.74 Å². The highest BCUT2D eigenvalue weighted by Gasteiger charge is 2.23. The van der Waals surface area contributed by atoms with E-state index in [1.54, 1.807) is 0 Å². The SMILES string of the molecule is C=CC(=O)O[C]1CCC(CCC)CC1. The number of rotatable bonds is 4. The first-order valence-electron chi connectivity index (χ1n) is 5.45. The lowest BCUT2D eigenvalue weighted by Crippen LogP contribution is -2.17. The van der Waals surface area contributed by atoms with E-state index in [1.165, 1.54) is 31.8 Å². The number of carbonyl (C=O) groups excluding carboxylic acids is 1. The molecule has 0 aliphatic heterocycles. The van der Waals surface area contributed by atoms with E-state index in [0.717, 1.165) is 24.9 Å². The predicted molar refractivity (Wildman–Crippen MR) is 56.4 cm³/mol. The lowest BCUT2D eigenvalue weighted by molar-refractivity contribution is -0.138. The number of hydrogen-bond acceptors (Lipinski definition) is 2. The molecule has 14 heavy (non-hydrogen) atoms. The lowest BCUT2D eigenvalue weighted by atomic mass is 9.85. The fraction of sp³-hybridized carbons (Fsp3) is 0.667. The summed E-state index contributed by atoms with van der Waals surface area (Å²) in [5.74, 6) is 0.528. The van der Waals surface area contributed by atoms with Gasteiger partial charge in [-0.3, -0.25) is 0 Å². The average Bonchev–Trinajstić information content (AvgIpc) is 2.21. The zero-order valence-corrected chi connectivity index (χ0v) is 8.92. The summed E-state index contributed by atoms with van der Waals surface area (Å²) in [5.41, 5.74) is 0. The van der Waals surface area contributed by atoms with E-state index in [1.807, 2.05) is 0 Å². The lowest BCUT2D eigenvalue weighted by Gasteiger charge is -2.26. The van der Waals surface area contributed by atoms with E-state index in [2.05, 4.69) is 13.5 Å². The molecule has 0 unspecified atom stereocenters. The van der Waals surface area contributed by atoms with Gasteiger partial charge in [0.1, 0.15) is 0 Å². The molecule has 0 bridgehead atoms. The van der Waals surface area contributed by atoms with Crippen LogP contribution < -0.4 is 0 Å². The van der Waals surface area contributed by atoms with Gasteiger partial charge >= 0.3 is 5.97 Å². The molecule has 1 fully saturated rings. The number of hydrogen-bond donors (Lipinski definition) is 0. The standard InChI is InChI=1S/C12H19O2/c1-3-5-10-6-8-11(9-7-10)14-12(13)4-2/h4,10H,2-3,5-9H2,1H3. The summed E-state index contributed by atoms with van der Waals surface area (Å²) in [4.78, 5) is 10.9. The summed E-state index contributed by atoms with van der Waals surface area (Å²) in [5, 5.41) is 0. The van der Waals surface area contributed by atoms with Crippen LogP contribution in [-0.2, 0) is 9.53 Å². The Labute approximate surface area is 86.3 Å². The average molecular weight is 195 g/mol. The van der Waals surface area contributed by atoms with Gasteiger partial charge < -0.3 is 4.74 Å². The maximum atomic E-state index is 10.9. The molecule has 0 atom stereocenters. The smallest absolute Gasteiger partial charge is 0.330 e. The van der Waals surface area contributed by atoms with E-state index < -0.39 is 0 Å². The molecular weight excluding hydrogens is 176 g/mol. The largest absolute Gasteiger partial charge is 0.452 e.